The number of anilines is 1. The number of rotatable bonds is 4. The second kappa shape index (κ2) is 6.06. The molecule has 1 aliphatic heterocycles. The van der Waals surface area contributed by atoms with Crippen LogP contribution < -0.4 is 5.32 Å². The predicted octanol–water partition coefficient (Wildman–Crippen LogP) is 3.62. The van der Waals surface area contributed by atoms with Gasteiger partial charge in [0.15, 0.2) is 0 Å². The summed E-state index contributed by atoms with van der Waals surface area (Å²) in [5.74, 6) is 0. The number of hydrogen-bond donors (Lipinski definition) is 1. The van der Waals surface area contributed by atoms with Gasteiger partial charge in [-0.15, -0.1) is 0 Å². The third-order valence-electron chi connectivity index (χ3n) is 3.35. The minimum atomic E-state index is 0.389. The van der Waals surface area contributed by atoms with Gasteiger partial charge in [-0.25, -0.2) is 0 Å². The van der Waals surface area contributed by atoms with Crippen molar-refractivity contribution in [3.05, 3.63) is 29.8 Å². The molecule has 1 heterocycles. The van der Waals surface area contributed by atoms with Crippen molar-refractivity contribution >= 4 is 5.69 Å². The number of aryl methyl sites for hydroxylation is 1. The van der Waals surface area contributed by atoms with Gasteiger partial charge in [-0.2, -0.15) is 0 Å². The molecule has 17 heavy (non-hydrogen) atoms. The molecule has 0 bridgehead atoms. The number of ether oxygens (including phenoxy) is 1. The first-order valence-corrected chi connectivity index (χ1v) is 6.75. The lowest BCUT2D eigenvalue weighted by atomic mass is 10.0. The Morgan fingerprint density at radius 3 is 2.71 bits per heavy atom. The van der Waals surface area contributed by atoms with E-state index < -0.39 is 0 Å². The van der Waals surface area contributed by atoms with Gasteiger partial charge in [0, 0.05) is 18.3 Å². The lowest BCUT2D eigenvalue weighted by Gasteiger charge is -2.28. The van der Waals surface area contributed by atoms with E-state index in [0.29, 0.717) is 12.1 Å². The number of nitrogens with one attached hydrogen (secondary N) is 1. The van der Waals surface area contributed by atoms with Crippen molar-refractivity contribution in [3.63, 3.8) is 0 Å². The van der Waals surface area contributed by atoms with E-state index in [9.17, 15) is 0 Å². The second-order valence-electron chi connectivity index (χ2n) is 4.99. The fourth-order valence-corrected chi connectivity index (χ4v) is 2.42. The Morgan fingerprint density at radius 2 is 2.06 bits per heavy atom. The van der Waals surface area contributed by atoms with E-state index in [0.717, 1.165) is 19.4 Å². The molecule has 0 spiro atoms. The van der Waals surface area contributed by atoms with Crippen LogP contribution in [0.15, 0.2) is 24.3 Å². The number of hydrogen-bond acceptors (Lipinski definition) is 2. The Hall–Kier alpha value is -1.02. The minimum Gasteiger partial charge on any atom is -0.382 e. The third kappa shape index (κ3) is 3.74. The molecule has 2 atom stereocenters. The standard InChI is InChI=1S/C15H23NO/c1-3-4-13-5-7-14(8-6-13)16-15-9-10-17-12(2)11-15/h5-8,12,15-16H,3-4,9-11H2,1-2H3. The van der Waals surface area contributed by atoms with Crippen LogP contribution in [0.5, 0.6) is 0 Å². The Kier molecular flexibility index (Phi) is 4.43. The van der Waals surface area contributed by atoms with E-state index >= 15 is 0 Å². The van der Waals surface area contributed by atoms with Crippen LogP contribution in [0.3, 0.4) is 0 Å². The molecule has 0 radical (unpaired) electrons. The zero-order valence-corrected chi connectivity index (χ0v) is 10.9. The van der Waals surface area contributed by atoms with Crippen molar-refractivity contribution in [2.24, 2.45) is 0 Å². The van der Waals surface area contributed by atoms with Crippen molar-refractivity contribution in [2.75, 3.05) is 11.9 Å². The van der Waals surface area contributed by atoms with Gasteiger partial charge in [0.05, 0.1) is 6.10 Å². The summed E-state index contributed by atoms with van der Waals surface area (Å²) >= 11 is 0. The van der Waals surface area contributed by atoms with Gasteiger partial charge in [0.1, 0.15) is 0 Å². The summed E-state index contributed by atoms with van der Waals surface area (Å²) in [5.41, 5.74) is 2.67. The highest BCUT2D eigenvalue weighted by Crippen LogP contribution is 2.19. The van der Waals surface area contributed by atoms with Gasteiger partial charge in [-0.1, -0.05) is 25.5 Å². The Morgan fingerprint density at radius 1 is 1.29 bits per heavy atom. The summed E-state index contributed by atoms with van der Waals surface area (Å²) < 4.78 is 5.56. The summed E-state index contributed by atoms with van der Waals surface area (Å²) in [6.07, 6.45) is 5.00. The molecule has 2 nitrogen and oxygen atoms in total. The van der Waals surface area contributed by atoms with Crippen LogP contribution in [-0.2, 0) is 11.2 Å². The lowest BCUT2D eigenvalue weighted by molar-refractivity contribution is 0.0232. The summed E-state index contributed by atoms with van der Waals surface area (Å²) in [5, 5.41) is 3.60. The molecular formula is C15H23NO. The molecule has 0 amide bonds. The zero-order valence-electron chi connectivity index (χ0n) is 10.9. The van der Waals surface area contributed by atoms with Crippen LogP contribution in [0.25, 0.3) is 0 Å². The maximum Gasteiger partial charge on any atom is 0.0566 e. The molecule has 1 aromatic rings. The molecule has 0 aliphatic carbocycles. The van der Waals surface area contributed by atoms with Crippen molar-refractivity contribution in [1.82, 2.24) is 0 Å². The van der Waals surface area contributed by atoms with Crippen molar-refractivity contribution in [1.29, 1.82) is 0 Å². The molecule has 1 saturated heterocycles. The Balaban J connectivity index is 1.89. The van der Waals surface area contributed by atoms with Crippen LogP contribution in [-0.4, -0.2) is 18.8 Å². The second-order valence-corrected chi connectivity index (χ2v) is 4.99. The largest absolute Gasteiger partial charge is 0.382 e. The van der Waals surface area contributed by atoms with E-state index in [1.165, 1.54) is 24.1 Å². The smallest absolute Gasteiger partial charge is 0.0566 e. The van der Waals surface area contributed by atoms with E-state index in [-0.39, 0.29) is 0 Å². The first kappa shape index (κ1) is 12.4. The summed E-state index contributed by atoms with van der Waals surface area (Å²) in [6, 6.07) is 9.43. The molecule has 0 saturated carbocycles. The fraction of sp³-hybridized carbons (Fsp3) is 0.600. The first-order chi connectivity index (χ1) is 8.28. The van der Waals surface area contributed by atoms with Crippen LogP contribution in [0.1, 0.15) is 38.7 Å². The van der Waals surface area contributed by atoms with E-state index in [2.05, 4.69) is 43.4 Å². The normalized spacial score (nSPS) is 24.6. The summed E-state index contributed by atoms with van der Waals surface area (Å²) in [4.78, 5) is 0. The SMILES string of the molecule is CCCc1ccc(NC2CCOC(C)C2)cc1. The van der Waals surface area contributed by atoms with Gasteiger partial charge in [0.25, 0.3) is 0 Å². The Bertz CT molecular complexity index is 333. The maximum absolute atomic E-state index is 5.56. The van der Waals surface area contributed by atoms with Crippen LogP contribution >= 0.6 is 0 Å². The van der Waals surface area contributed by atoms with E-state index in [1.54, 1.807) is 0 Å². The van der Waals surface area contributed by atoms with E-state index in [1.807, 2.05) is 0 Å². The molecule has 1 aromatic carbocycles. The monoisotopic (exact) mass is 233 g/mol. The quantitative estimate of drug-likeness (QED) is 0.857. The lowest BCUT2D eigenvalue weighted by Crippen LogP contribution is -2.32. The van der Waals surface area contributed by atoms with Crippen molar-refractivity contribution in [3.8, 4) is 0 Å². The average Bonchev–Trinajstić information content (AvgIpc) is 2.32. The van der Waals surface area contributed by atoms with Crippen molar-refractivity contribution < 1.29 is 4.74 Å². The van der Waals surface area contributed by atoms with Crippen molar-refractivity contribution in [2.45, 2.75) is 51.7 Å². The maximum atomic E-state index is 5.56. The highest BCUT2D eigenvalue weighted by atomic mass is 16.5. The zero-order chi connectivity index (χ0) is 12.1. The summed E-state index contributed by atoms with van der Waals surface area (Å²) in [6.45, 7) is 5.25. The topological polar surface area (TPSA) is 21.3 Å². The average molecular weight is 233 g/mol. The minimum absolute atomic E-state index is 0.389. The molecule has 1 fully saturated rings. The number of benzene rings is 1. The van der Waals surface area contributed by atoms with Gasteiger partial charge in [0.2, 0.25) is 0 Å². The molecule has 2 heteroatoms. The first-order valence-electron chi connectivity index (χ1n) is 6.75. The molecular weight excluding hydrogens is 210 g/mol. The van der Waals surface area contributed by atoms with E-state index in [4.69, 9.17) is 4.74 Å². The molecule has 2 unspecified atom stereocenters. The van der Waals surface area contributed by atoms with Crippen LogP contribution in [0.2, 0.25) is 0 Å². The van der Waals surface area contributed by atoms with Crippen LogP contribution in [0, 0.1) is 0 Å². The Labute approximate surface area is 104 Å². The highest BCUT2D eigenvalue weighted by Gasteiger charge is 2.18. The van der Waals surface area contributed by atoms with Crippen LogP contribution in [0.4, 0.5) is 5.69 Å². The summed E-state index contributed by atoms with van der Waals surface area (Å²) in [7, 11) is 0. The molecule has 1 N–H and O–H groups in total. The van der Waals surface area contributed by atoms with Gasteiger partial charge in [-0.3, -0.25) is 0 Å². The molecule has 0 aromatic heterocycles. The predicted molar refractivity (Wildman–Crippen MR) is 72.5 cm³/mol. The third-order valence-corrected chi connectivity index (χ3v) is 3.35. The van der Waals surface area contributed by atoms with Gasteiger partial charge in [-0.05, 0) is 43.9 Å². The van der Waals surface area contributed by atoms with Gasteiger partial charge >= 0.3 is 0 Å². The molecule has 2 rings (SSSR count). The van der Waals surface area contributed by atoms with Gasteiger partial charge < -0.3 is 10.1 Å². The molecule has 1 aliphatic rings. The highest BCUT2D eigenvalue weighted by molar-refractivity contribution is 5.45. The fourth-order valence-electron chi connectivity index (χ4n) is 2.42. The molecule has 94 valence electrons.